The number of nitrogens with zero attached hydrogens (tertiary/aromatic N) is 1. The molecule has 0 fully saturated rings. The van der Waals surface area contributed by atoms with Crippen molar-refractivity contribution in [2.45, 2.75) is 6.42 Å². The van der Waals surface area contributed by atoms with Crippen LogP contribution in [0.5, 0.6) is 0 Å². The van der Waals surface area contributed by atoms with Crippen molar-refractivity contribution in [3.05, 3.63) is 27.5 Å². The monoisotopic (exact) mass is 235 g/mol. The number of rotatable bonds is 2. The van der Waals surface area contributed by atoms with Gasteiger partial charge in [0.05, 0.1) is 10.7 Å². The van der Waals surface area contributed by atoms with Gasteiger partial charge in [0.15, 0.2) is 0 Å². The van der Waals surface area contributed by atoms with Crippen molar-refractivity contribution in [3.63, 3.8) is 0 Å². The van der Waals surface area contributed by atoms with E-state index < -0.39 is 0 Å². The molecular weight excluding hydrogens is 229 g/mol. The van der Waals surface area contributed by atoms with Crippen LogP contribution in [0.1, 0.15) is 5.69 Å². The van der Waals surface area contributed by atoms with Gasteiger partial charge in [-0.05, 0) is 28.1 Å². The summed E-state index contributed by atoms with van der Waals surface area (Å²) in [6.45, 7) is 0.0726. The molecule has 0 saturated carbocycles. The summed E-state index contributed by atoms with van der Waals surface area (Å²) in [6, 6.07) is 3.52. The van der Waals surface area contributed by atoms with E-state index in [2.05, 4.69) is 20.9 Å². The molecule has 11 heavy (non-hydrogen) atoms. The van der Waals surface area contributed by atoms with Crippen molar-refractivity contribution in [1.82, 2.24) is 4.98 Å². The van der Waals surface area contributed by atoms with Gasteiger partial charge >= 0.3 is 0 Å². The first-order valence-electron chi connectivity index (χ1n) is 3.16. The molecular formula is C7H7BrClNO. The SMILES string of the molecule is OCCc1nc(Br)ccc1Cl. The minimum absolute atomic E-state index is 0.0726. The highest BCUT2D eigenvalue weighted by molar-refractivity contribution is 9.10. The zero-order chi connectivity index (χ0) is 8.27. The first-order chi connectivity index (χ1) is 5.24. The summed E-state index contributed by atoms with van der Waals surface area (Å²) in [5.41, 5.74) is 0.726. The van der Waals surface area contributed by atoms with Gasteiger partial charge in [0.1, 0.15) is 4.60 Å². The van der Waals surface area contributed by atoms with Crippen LogP contribution in [-0.2, 0) is 6.42 Å². The number of pyridine rings is 1. The molecule has 1 heterocycles. The summed E-state index contributed by atoms with van der Waals surface area (Å²) in [7, 11) is 0. The van der Waals surface area contributed by atoms with E-state index in [0.717, 1.165) is 10.3 Å². The zero-order valence-corrected chi connectivity index (χ0v) is 8.06. The van der Waals surface area contributed by atoms with Gasteiger partial charge < -0.3 is 5.11 Å². The van der Waals surface area contributed by atoms with Crippen LogP contribution >= 0.6 is 27.5 Å². The second-order valence-electron chi connectivity index (χ2n) is 2.04. The lowest BCUT2D eigenvalue weighted by atomic mass is 10.3. The molecule has 2 nitrogen and oxygen atoms in total. The molecule has 0 atom stereocenters. The van der Waals surface area contributed by atoms with Crippen LogP contribution in [0.3, 0.4) is 0 Å². The maximum absolute atomic E-state index is 8.62. The molecule has 0 aliphatic rings. The van der Waals surface area contributed by atoms with E-state index in [0.29, 0.717) is 11.4 Å². The fraction of sp³-hybridized carbons (Fsp3) is 0.286. The topological polar surface area (TPSA) is 33.1 Å². The van der Waals surface area contributed by atoms with Crippen molar-refractivity contribution in [3.8, 4) is 0 Å². The Morgan fingerprint density at radius 1 is 1.55 bits per heavy atom. The molecule has 0 aliphatic carbocycles. The standard InChI is InChI=1S/C7H7BrClNO/c8-7-2-1-5(9)6(10-7)3-4-11/h1-2,11H,3-4H2. The van der Waals surface area contributed by atoms with Gasteiger partial charge in [-0.2, -0.15) is 0 Å². The minimum atomic E-state index is 0.0726. The molecule has 1 rings (SSSR count). The van der Waals surface area contributed by atoms with Crippen LogP contribution in [0.25, 0.3) is 0 Å². The Hall–Kier alpha value is -0.120. The smallest absolute Gasteiger partial charge is 0.106 e. The van der Waals surface area contributed by atoms with Crippen molar-refractivity contribution in [2.24, 2.45) is 0 Å². The first kappa shape index (κ1) is 8.97. The molecule has 0 spiro atoms. The van der Waals surface area contributed by atoms with E-state index in [9.17, 15) is 0 Å². The third-order valence-electron chi connectivity index (χ3n) is 1.23. The van der Waals surface area contributed by atoms with Gasteiger partial charge in [-0.25, -0.2) is 4.98 Å². The maximum atomic E-state index is 8.62. The maximum Gasteiger partial charge on any atom is 0.106 e. The molecule has 1 N–H and O–H groups in total. The molecule has 0 unspecified atom stereocenters. The third-order valence-corrected chi connectivity index (χ3v) is 2.02. The van der Waals surface area contributed by atoms with Crippen LogP contribution in [-0.4, -0.2) is 16.7 Å². The van der Waals surface area contributed by atoms with Gasteiger partial charge in [0.2, 0.25) is 0 Å². The van der Waals surface area contributed by atoms with E-state index in [4.69, 9.17) is 16.7 Å². The quantitative estimate of drug-likeness (QED) is 0.797. The fourth-order valence-corrected chi connectivity index (χ4v) is 1.28. The normalized spacial score (nSPS) is 10.1. The lowest BCUT2D eigenvalue weighted by Gasteiger charge is -2.00. The Morgan fingerprint density at radius 3 is 2.91 bits per heavy atom. The second kappa shape index (κ2) is 4.04. The minimum Gasteiger partial charge on any atom is -0.396 e. The second-order valence-corrected chi connectivity index (χ2v) is 3.26. The molecule has 60 valence electrons. The number of hydrogen-bond donors (Lipinski definition) is 1. The number of hydrogen-bond acceptors (Lipinski definition) is 2. The lowest BCUT2D eigenvalue weighted by Crippen LogP contribution is -1.95. The van der Waals surface area contributed by atoms with Crippen LogP contribution < -0.4 is 0 Å². The van der Waals surface area contributed by atoms with E-state index in [1.165, 1.54) is 0 Å². The van der Waals surface area contributed by atoms with Crippen molar-refractivity contribution < 1.29 is 5.11 Å². The summed E-state index contributed by atoms with van der Waals surface area (Å²) in [6.07, 6.45) is 0.498. The van der Waals surface area contributed by atoms with E-state index in [-0.39, 0.29) is 6.61 Å². The number of aliphatic hydroxyl groups excluding tert-OH is 1. The largest absolute Gasteiger partial charge is 0.396 e. The number of aliphatic hydroxyl groups is 1. The number of halogens is 2. The Bertz CT molecular complexity index is 254. The highest BCUT2D eigenvalue weighted by Crippen LogP contribution is 2.17. The highest BCUT2D eigenvalue weighted by atomic mass is 79.9. The van der Waals surface area contributed by atoms with Gasteiger partial charge in [0.25, 0.3) is 0 Å². The van der Waals surface area contributed by atoms with E-state index >= 15 is 0 Å². The van der Waals surface area contributed by atoms with Crippen molar-refractivity contribution in [2.75, 3.05) is 6.61 Å². The molecule has 1 aromatic rings. The average Bonchev–Trinajstić information content (AvgIpc) is 1.98. The van der Waals surface area contributed by atoms with Crippen LogP contribution in [0, 0.1) is 0 Å². The highest BCUT2D eigenvalue weighted by Gasteiger charge is 2.00. The predicted molar refractivity (Wildman–Crippen MR) is 47.7 cm³/mol. The Kier molecular flexibility index (Phi) is 3.30. The van der Waals surface area contributed by atoms with Crippen LogP contribution in [0.2, 0.25) is 5.02 Å². The van der Waals surface area contributed by atoms with Gasteiger partial charge in [-0.1, -0.05) is 11.6 Å². The Balaban J connectivity index is 2.93. The molecule has 0 aromatic carbocycles. The Labute approximate surface area is 78.3 Å². The molecule has 4 heteroatoms. The van der Waals surface area contributed by atoms with Gasteiger partial charge in [-0.15, -0.1) is 0 Å². The molecule has 0 saturated heterocycles. The average molecular weight is 236 g/mol. The lowest BCUT2D eigenvalue weighted by molar-refractivity contribution is 0.298. The van der Waals surface area contributed by atoms with E-state index in [1.807, 2.05) is 0 Å². The van der Waals surface area contributed by atoms with Crippen molar-refractivity contribution >= 4 is 27.5 Å². The van der Waals surface area contributed by atoms with Crippen LogP contribution in [0.15, 0.2) is 16.7 Å². The predicted octanol–water partition coefficient (Wildman–Crippen LogP) is 2.03. The van der Waals surface area contributed by atoms with Gasteiger partial charge in [0, 0.05) is 13.0 Å². The van der Waals surface area contributed by atoms with Crippen LogP contribution in [0.4, 0.5) is 0 Å². The molecule has 0 radical (unpaired) electrons. The number of aromatic nitrogens is 1. The molecule has 0 aliphatic heterocycles. The third kappa shape index (κ3) is 2.43. The summed E-state index contributed by atoms with van der Waals surface area (Å²) in [5, 5.41) is 9.22. The summed E-state index contributed by atoms with van der Waals surface area (Å²) in [5.74, 6) is 0. The molecule has 1 aromatic heterocycles. The first-order valence-corrected chi connectivity index (χ1v) is 4.33. The summed E-state index contributed by atoms with van der Waals surface area (Å²) in [4.78, 5) is 4.09. The van der Waals surface area contributed by atoms with E-state index in [1.54, 1.807) is 12.1 Å². The van der Waals surface area contributed by atoms with Gasteiger partial charge in [-0.3, -0.25) is 0 Å². The fourth-order valence-electron chi connectivity index (χ4n) is 0.739. The molecule has 0 amide bonds. The molecule has 0 bridgehead atoms. The van der Waals surface area contributed by atoms with Crippen molar-refractivity contribution in [1.29, 1.82) is 0 Å². The Morgan fingerprint density at radius 2 is 2.27 bits per heavy atom. The summed E-state index contributed by atoms with van der Waals surface area (Å²) >= 11 is 9.00. The zero-order valence-electron chi connectivity index (χ0n) is 5.72. The summed E-state index contributed by atoms with van der Waals surface area (Å²) < 4.78 is 0.741.